The van der Waals surface area contributed by atoms with Crippen molar-refractivity contribution < 1.29 is 19.1 Å². The summed E-state index contributed by atoms with van der Waals surface area (Å²) in [6, 6.07) is 12.7. The summed E-state index contributed by atoms with van der Waals surface area (Å²) < 4.78 is 16.8. The Kier molecular flexibility index (Phi) is 7.64. The molecule has 0 aliphatic heterocycles. The van der Waals surface area contributed by atoms with Gasteiger partial charge in [-0.2, -0.15) is 0 Å². The molecular formula is C20H23NO5. The molecule has 138 valence electrons. The second-order valence-corrected chi connectivity index (χ2v) is 5.43. The largest absolute Gasteiger partial charge is 0.487 e. The van der Waals surface area contributed by atoms with E-state index < -0.39 is 4.92 Å². The van der Waals surface area contributed by atoms with Gasteiger partial charge in [-0.15, -0.1) is 0 Å². The Morgan fingerprint density at radius 3 is 2.46 bits per heavy atom. The lowest BCUT2D eigenvalue weighted by Gasteiger charge is -2.14. The van der Waals surface area contributed by atoms with Crippen LogP contribution in [0.25, 0.3) is 6.08 Å². The number of hydrogen-bond donors (Lipinski definition) is 0. The van der Waals surface area contributed by atoms with Crippen LogP contribution in [0.1, 0.15) is 25.0 Å². The van der Waals surface area contributed by atoms with Crippen molar-refractivity contribution in [3.05, 3.63) is 69.8 Å². The lowest BCUT2D eigenvalue weighted by atomic mass is 10.1. The molecule has 0 amide bonds. The minimum atomic E-state index is -0.425. The predicted octanol–water partition coefficient (Wildman–Crippen LogP) is 4.62. The monoisotopic (exact) mass is 357 g/mol. The van der Waals surface area contributed by atoms with Crippen molar-refractivity contribution in [1.29, 1.82) is 0 Å². The molecule has 6 nitrogen and oxygen atoms in total. The van der Waals surface area contributed by atoms with E-state index in [4.69, 9.17) is 14.2 Å². The summed E-state index contributed by atoms with van der Waals surface area (Å²) in [5, 5.41) is 11.4. The van der Waals surface area contributed by atoms with E-state index in [-0.39, 0.29) is 12.3 Å². The van der Waals surface area contributed by atoms with Gasteiger partial charge in [0.2, 0.25) is 0 Å². The van der Waals surface area contributed by atoms with Gasteiger partial charge in [-0.3, -0.25) is 10.1 Å². The maximum Gasteiger partial charge on any atom is 0.280 e. The quantitative estimate of drug-likeness (QED) is 0.352. The molecule has 0 saturated heterocycles. The SMILES string of the molecule is C/C=C/c1cc(OCc2ccccc2)c(OCCOCC)cc1[N+](=O)[O-]. The van der Waals surface area contributed by atoms with Crippen molar-refractivity contribution in [2.24, 2.45) is 0 Å². The standard InChI is InChI=1S/C20H23NO5/c1-3-8-17-13-19(26-15-16-9-6-5-7-10-16)20(14-18(17)21(22)23)25-12-11-24-4-2/h3,5-10,13-14H,4,11-12,15H2,1-2H3/b8-3+. The van der Waals surface area contributed by atoms with Crippen LogP contribution >= 0.6 is 0 Å². The van der Waals surface area contributed by atoms with E-state index in [9.17, 15) is 10.1 Å². The van der Waals surface area contributed by atoms with E-state index in [1.54, 1.807) is 25.1 Å². The molecule has 0 radical (unpaired) electrons. The Morgan fingerprint density at radius 1 is 1.08 bits per heavy atom. The van der Waals surface area contributed by atoms with Crippen LogP contribution in [0.4, 0.5) is 5.69 Å². The molecule has 0 saturated carbocycles. The van der Waals surface area contributed by atoms with Gasteiger partial charge in [-0.1, -0.05) is 42.5 Å². The van der Waals surface area contributed by atoms with Gasteiger partial charge in [0.15, 0.2) is 11.5 Å². The van der Waals surface area contributed by atoms with E-state index in [0.29, 0.717) is 36.9 Å². The third kappa shape index (κ3) is 5.60. The van der Waals surface area contributed by atoms with Gasteiger partial charge >= 0.3 is 0 Å². The topological polar surface area (TPSA) is 70.8 Å². The molecule has 0 unspecified atom stereocenters. The second kappa shape index (κ2) is 10.2. The maximum atomic E-state index is 11.4. The number of nitrogens with zero attached hydrogens (tertiary/aromatic N) is 1. The summed E-state index contributed by atoms with van der Waals surface area (Å²) in [4.78, 5) is 10.9. The van der Waals surface area contributed by atoms with Crippen LogP contribution in [0, 0.1) is 10.1 Å². The molecular weight excluding hydrogens is 334 g/mol. The van der Waals surface area contributed by atoms with Crippen molar-refractivity contribution in [2.45, 2.75) is 20.5 Å². The van der Waals surface area contributed by atoms with Crippen molar-refractivity contribution in [2.75, 3.05) is 19.8 Å². The summed E-state index contributed by atoms with van der Waals surface area (Å²) >= 11 is 0. The molecule has 6 heteroatoms. The van der Waals surface area contributed by atoms with Crippen LogP contribution < -0.4 is 9.47 Å². The normalized spacial score (nSPS) is 10.8. The van der Waals surface area contributed by atoms with Gasteiger partial charge in [0, 0.05) is 6.61 Å². The molecule has 0 atom stereocenters. The highest BCUT2D eigenvalue weighted by atomic mass is 16.6. The zero-order valence-corrected chi connectivity index (χ0v) is 15.0. The molecule has 2 aromatic rings. The number of rotatable bonds is 10. The zero-order chi connectivity index (χ0) is 18.8. The maximum absolute atomic E-state index is 11.4. The average molecular weight is 357 g/mol. The zero-order valence-electron chi connectivity index (χ0n) is 15.0. The summed E-state index contributed by atoms with van der Waals surface area (Å²) in [6.07, 6.45) is 3.43. The molecule has 26 heavy (non-hydrogen) atoms. The molecule has 0 aromatic heterocycles. The molecule has 0 spiro atoms. The van der Waals surface area contributed by atoms with E-state index in [0.717, 1.165) is 5.56 Å². The molecule has 0 aliphatic rings. The number of nitro groups is 1. The number of allylic oxidation sites excluding steroid dienone is 1. The van der Waals surface area contributed by atoms with E-state index in [2.05, 4.69) is 0 Å². The van der Waals surface area contributed by atoms with Gasteiger partial charge in [-0.25, -0.2) is 0 Å². The highest BCUT2D eigenvalue weighted by Crippen LogP contribution is 2.36. The Balaban J connectivity index is 2.27. The molecule has 0 aliphatic carbocycles. The Hall–Kier alpha value is -2.86. The molecule has 0 N–H and O–H groups in total. The fraction of sp³-hybridized carbons (Fsp3) is 0.300. The number of nitro benzene ring substituents is 1. The van der Waals surface area contributed by atoms with Crippen LogP contribution in [0.15, 0.2) is 48.5 Å². The van der Waals surface area contributed by atoms with Gasteiger partial charge in [0.05, 0.1) is 23.2 Å². The third-order valence-corrected chi connectivity index (χ3v) is 3.56. The van der Waals surface area contributed by atoms with Crippen LogP contribution in [0.2, 0.25) is 0 Å². The third-order valence-electron chi connectivity index (χ3n) is 3.56. The smallest absolute Gasteiger partial charge is 0.280 e. The fourth-order valence-electron chi connectivity index (χ4n) is 2.35. The summed E-state index contributed by atoms with van der Waals surface area (Å²) in [6.45, 7) is 5.32. The predicted molar refractivity (Wildman–Crippen MR) is 101 cm³/mol. The Morgan fingerprint density at radius 2 is 1.81 bits per heavy atom. The average Bonchev–Trinajstić information content (AvgIpc) is 2.65. The van der Waals surface area contributed by atoms with Crippen molar-refractivity contribution in [3.8, 4) is 11.5 Å². The lowest BCUT2D eigenvalue weighted by Crippen LogP contribution is -2.08. The first-order valence-electron chi connectivity index (χ1n) is 8.48. The van der Waals surface area contributed by atoms with Crippen LogP contribution in [-0.2, 0) is 11.3 Å². The van der Waals surface area contributed by atoms with Crippen LogP contribution in [0.5, 0.6) is 11.5 Å². The highest BCUT2D eigenvalue weighted by molar-refractivity contribution is 5.66. The molecule has 2 aromatic carbocycles. The van der Waals surface area contributed by atoms with Gasteiger partial charge < -0.3 is 14.2 Å². The van der Waals surface area contributed by atoms with Gasteiger partial charge in [0.25, 0.3) is 5.69 Å². The van der Waals surface area contributed by atoms with E-state index >= 15 is 0 Å². The van der Waals surface area contributed by atoms with Crippen molar-refractivity contribution in [3.63, 3.8) is 0 Å². The minimum Gasteiger partial charge on any atom is -0.487 e. The molecule has 0 fully saturated rings. The van der Waals surface area contributed by atoms with Crippen molar-refractivity contribution in [1.82, 2.24) is 0 Å². The fourth-order valence-corrected chi connectivity index (χ4v) is 2.35. The lowest BCUT2D eigenvalue weighted by molar-refractivity contribution is -0.385. The first-order valence-corrected chi connectivity index (χ1v) is 8.48. The Bertz CT molecular complexity index is 743. The van der Waals surface area contributed by atoms with E-state index in [1.807, 2.05) is 37.3 Å². The van der Waals surface area contributed by atoms with E-state index in [1.165, 1.54) is 6.07 Å². The molecule has 0 bridgehead atoms. The number of benzene rings is 2. The van der Waals surface area contributed by atoms with Crippen LogP contribution in [0.3, 0.4) is 0 Å². The summed E-state index contributed by atoms with van der Waals surface area (Å²) in [5.41, 5.74) is 1.44. The summed E-state index contributed by atoms with van der Waals surface area (Å²) in [5.74, 6) is 0.796. The molecule has 0 heterocycles. The first-order chi connectivity index (χ1) is 12.7. The first kappa shape index (κ1) is 19.5. The van der Waals surface area contributed by atoms with Gasteiger partial charge in [-0.05, 0) is 25.5 Å². The second-order valence-electron chi connectivity index (χ2n) is 5.43. The van der Waals surface area contributed by atoms with Crippen LogP contribution in [-0.4, -0.2) is 24.7 Å². The summed E-state index contributed by atoms with van der Waals surface area (Å²) in [7, 11) is 0. The van der Waals surface area contributed by atoms with Gasteiger partial charge in [0.1, 0.15) is 13.2 Å². The highest BCUT2D eigenvalue weighted by Gasteiger charge is 2.18. The minimum absolute atomic E-state index is 0.0263. The molecule has 2 rings (SSSR count). The Labute approximate surface area is 153 Å². The number of hydrogen-bond acceptors (Lipinski definition) is 5. The van der Waals surface area contributed by atoms with Crippen molar-refractivity contribution >= 4 is 11.8 Å². The number of ether oxygens (including phenoxy) is 3.